The second kappa shape index (κ2) is 7.90. The molecule has 8 nitrogen and oxygen atoms in total. The van der Waals surface area contributed by atoms with E-state index in [1.54, 1.807) is 33.5 Å². The first-order valence-corrected chi connectivity index (χ1v) is 8.37. The maximum atomic E-state index is 12.3. The molecule has 1 heterocycles. The zero-order chi connectivity index (χ0) is 18.5. The minimum atomic E-state index is -0.326. The average Bonchev–Trinajstić information content (AvgIpc) is 3.11. The molecule has 2 N–H and O–H groups in total. The Hall–Kier alpha value is -3.03. The van der Waals surface area contributed by atoms with E-state index in [-0.39, 0.29) is 5.91 Å². The van der Waals surface area contributed by atoms with Crippen LogP contribution in [0.25, 0.3) is 0 Å². The Morgan fingerprint density at radius 2 is 1.85 bits per heavy atom. The summed E-state index contributed by atoms with van der Waals surface area (Å²) in [5.41, 5.74) is 5.69. The number of nitrogens with zero attached hydrogens (tertiary/aromatic N) is 2. The van der Waals surface area contributed by atoms with Crippen molar-refractivity contribution < 1.29 is 19.0 Å². The van der Waals surface area contributed by atoms with Crippen LogP contribution in [-0.4, -0.2) is 43.6 Å². The molecule has 1 amide bonds. The average molecular weight is 358 g/mol. The normalized spacial score (nSPS) is 13.3. The Bertz CT molecular complexity index is 804. The number of hydrogen-bond acceptors (Lipinski definition) is 6. The van der Waals surface area contributed by atoms with Gasteiger partial charge in [-0.2, -0.15) is 10.2 Å². The summed E-state index contributed by atoms with van der Waals surface area (Å²) in [6, 6.07) is 3.49. The van der Waals surface area contributed by atoms with Crippen molar-refractivity contribution in [2.24, 2.45) is 5.10 Å². The number of hydrazone groups is 1. The van der Waals surface area contributed by atoms with Gasteiger partial charge in [-0.15, -0.1) is 0 Å². The number of hydrogen-bond donors (Lipinski definition) is 2. The van der Waals surface area contributed by atoms with Crippen LogP contribution in [0.1, 0.15) is 40.2 Å². The number of nitrogens with one attached hydrogen (secondary N) is 2. The van der Waals surface area contributed by atoms with Crippen LogP contribution >= 0.6 is 0 Å². The minimum absolute atomic E-state index is 0.326. The van der Waals surface area contributed by atoms with Crippen LogP contribution in [0.3, 0.4) is 0 Å². The number of carbonyl (C=O) groups is 1. The molecule has 0 saturated carbocycles. The molecule has 0 atom stereocenters. The highest BCUT2D eigenvalue weighted by Crippen LogP contribution is 2.37. The van der Waals surface area contributed by atoms with Crippen LogP contribution in [0, 0.1) is 0 Å². The standard InChI is InChI=1S/C18H22N4O4/c1-24-14-8-11(9-15(25-2)17(14)26-3)10-19-22-18(23)16-12-6-4-5-7-13(12)20-21-16/h8-10H,4-7H2,1-3H3,(H,20,21)(H,22,23)/b19-10+. The molecule has 1 aliphatic rings. The molecule has 0 spiro atoms. The maximum Gasteiger partial charge on any atom is 0.292 e. The molecule has 0 saturated heterocycles. The number of aromatic nitrogens is 2. The molecule has 0 bridgehead atoms. The number of fused-ring (bicyclic) bond motifs is 1. The number of carbonyl (C=O) groups excluding carboxylic acids is 1. The van der Waals surface area contributed by atoms with Crippen molar-refractivity contribution >= 4 is 12.1 Å². The summed E-state index contributed by atoms with van der Waals surface area (Å²) in [6.45, 7) is 0. The summed E-state index contributed by atoms with van der Waals surface area (Å²) in [7, 11) is 4.63. The zero-order valence-corrected chi connectivity index (χ0v) is 15.1. The zero-order valence-electron chi connectivity index (χ0n) is 15.1. The lowest BCUT2D eigenvalue weighted by molar-refractivity contribution is 0.0949. The van der Waals surface area contributed by atoms with E-state index in [0.29, 0.717) is 28.5 Å². The SMILES string of the molecule is COc1cc(/C=N/NC(=O)c2n[nH]c3c2CCCC3)cc(OC)c1OC. The maximum absolute atomic E-state index is 12.3. The number of ether oxygens (including phenoxy) is 3. The molecule has 8 heteroatoms. The van der Waals surface area contributed by atoms with Crippen molar-refractivity contribution in [3.63, 3.8) is 0 Å². The van der Waals surface area contributed by atoms with E-state index in [1.165, 1.54) is 6.21 Å². The predicted octanol–water partition coefficient (Wildman–Crippen LogP) is 2.08. The molecule has 2 aromatic rings. The number of amides is 1. The Kier molecular flexibility index (Phi) is 5.40. The lowest BCUT2D eigenvalue weighted by Gasteiger charge is -2.12. The van der Waals surface area contributed by atoms with Gasteiger partial charge in [0.05, 0.1) is 27.5 Å². The van der Waals surface area contributed by atoms with Crippen LogP contribution in [-0.2, 0) is 12.8 Å². The summed E-state index contributed by atoms with van der Waals surface area (Å²) >= 11 is 0. The number of aryl methyl sites for hydroxylation is 1. The summed E-state index contributed by atoms with van der Waals surface area (Å²) < 4.78 is 15.9. The van der Waals surface area contributed by atoms with Gasteiger partial charge in [0.2, 0.25) is 5.75 Å². The highest BCUT2D eigenvalue weighted by atomic mass is 16.5. The fourth-order valence-corrected chi connectivity index (χ4v) is 3.06. The third-order valence-corrected chi connectivity index (χ3v) is 4.34. The van der Waals surface area contributed by atoms with Crippen LogP contribution < -0.4 is 19.6 Å². The van der Waals surface area contributed by atoms with Crippen molar-refractivity contribution in [2.45, 2.75) is 25.7 Å². The Balaban J connectivity index is 1.74. The first-order valence-electron chi connectivity index (χ1n) is 8.37. The number of aromatic amines is 1. The molecular weight excluding hydrogens is 336 g/mol. The van der Waals surface area contributed by atoms with Gasteiger partial charge >= 0.3 is 0 Å². The highest BCUT2D eigenvalue weighted by molar-refractivity contribution is 5.94. The van der Waals surface area contributed by atoms with Crippen LogP contribution in [0.4, 0.5) is 0 Å². The number of benzene rings is 1. The van der Waals surface area contributed by atoms with Gasteiger partial charge in [0.1, 0.15) is 0 Å². The van der Waals surface area contributed by atoms with E-state index in [0.717, 1.165) is 36.9 Å². The predicted molar refractivity (Wildman–Crippen MR) is 96.4 cm³/mol. The summed E-state index contributed by atoms with van der Waals surface area (Å²) in [5.74, 6) is 1.20. The fourth-order valence-electron chi connectivity index (χ4n) is 3.06. The van der Waals surface area contributed by atoms with E-state index in [4.69, 9.17) is 14.2 Å². The lowest BCUT2D eigenvalue weighted by Crippen LogP contribution is -2.20. The van der Waals surface area contributed by atoms with Gasteiger partial charge in [0, 0.05) is 16.8 Å². The molecule has 1 aliphatic carbocycles. The molecule has 0 fully saturated rings. The third-order valence-electron chi connectivity index (χ3n) is 4.34. The van der Waals surface area contributed by atoms with Gasteiger partial charge in [-0.1, -0.05) is 0 Å². The van der Waals surface area contributed by atoms with E-state index in [1.807, 2.05) is 0 Å². The molecule has 1 aromatic heterocycles. The van der Waals surface area contributed by atoms with Gasteiger partial charge in [0.15, 0.2) is 17.2 Å². The third kappa shape index (κ3) is 3.49. The molecule has 138 valence electrons. The Morgan fingerprint density at radius 1 is 1.15 bits per heavy atom. The number of rotatable bonds is 6. The molecule has 26 heavy (non-hydrogen) atoms. The van der Waals surface area contributed by atoms with Crippen molar-refractivity contribution in [1.82, 2.24) is 15.6 Å². The van der Waals surface area contributed by atoms with E-state index >= 15 is 0 Å². The van der Waals surface area contributed by atoms with Gasteiger partial charge < -0.3 is 14.2 Å². The second-order valence-corrected chi connectivity index (χ2v) is 5.89. The first-order chi connectivity index (χ1) is 12.7. The smallest absolute Gasteiger partial charge is 0.292 e. The van der Waals surface area contributed by atoms with Crippen LogP contribution in [0.5, 0.6) is 17.2 Å². The van der Waals surface area contributed by atoms with Crippen molar-refractivity contribution in [2.75, 3.05) is 21.3 Å². The van der Waals surface area contributed by atoms with Gasteiger partial charge in [-0.3, -0.25) is 9.89 Å². The lowest BCUT2D eigenvalue weighted by atomic mass is 9.96. The van der Waals surface area contributed by atoms with E-state index in [9.17, 15) is 4.79 Å². The Morgan fingerprint density at radius 3 is 2.50 bits per heavy atom. The number of H-pyrrole nitrogens is 1. The highest BCUT2D eigenvalue weighted by Gasteiger charge is 2.21. The van der Waals surface area contributed by atoms with E-state index in [2.05, 4.69) is 20.7 Å². The van der Waals surface area contributed by atoms with Crippen molar-refractivity contribution in [3.8, 4) is 17.2 Å². The Labute approximate surface area is 151 Å². The van der Waals surface area contributed by atoms with Gasteiger partial charge in [-0.05, 0) is 37.8 Å². The first kappa shape index (κ1) is 17.8. The number of methoxy groups -OCH3 is 3. The molecule has 0 unspecified atom stereocenters. The topological polar surface area (TPSA) is 97.8 Å². The monoisotopic (exact) mass is 358 g/mol. The molecule has 0 radical (unpaired) electrons. The summed E-state index contributed by atoms with van der Waals surface area (Å²) in [6.07, 6.45) is 5.51. The van der Waals surface area contributed by atoms with Gasteiger partial charge in [-0.25, -0.2) is 5.43 Å². The van der Waals surface area contributed by atoms with Gasteiger partial charge in [0.25, 0.3) is 5.91 Å². The van der Waals surface area contributed by atoms with Crippen LogP contribution in [0.2, 0.25) is 0 Å². The molecule has 1 aromatic carbocycles. The largest absolute Gasteiger partial charge is 0.493 e. The second-order valence-electron chi connectivity index (χ2n) is 5.89. The minimum Gasteiger partial charge on any atom is -0.493 e. The molecule has 3 rings (SSSR count). The quantitative estimate of drug-likeness (QED) is 0.609. The van der Waals surface area contributed by atoms with Crippen molar-refractivity contribution in [1.29, 1.82) is 0 Å². The molecular formula is C18H22N4O4. The summed E-state index contributed by atoms with van der Waals surface area (Å²) in [5, 5.41) is 11.1. The molecule has 0 aliphatic heterocycles. The van der Waals surface area contributed by atoms with Crippen LogP contribution in [0.15, 0.2) is 17.2 Å². The van der Waals surface area contributed by atoms with E-state index < -0.39 is 0 Å². The van der Waals surface area contributed by atoms with Crippen molar-refractivity contribution in [3.05, 3.63) is 34.6 Å². The fraction of sp³-hybridized carbons (Fsp3) is 0.389. The summed E-state index contributed by atoms with van der Waals surface area (Å²) in [4.78, 5) is 12.3.